The van der Waals surface area contributed by atoms with Crippen LogP contribution in [0.4, 0.5) is 5.69 Å². The fourth-order valence-electron chi connectivity index (χ4n) is 2.55. The normalized spacial score (nSPS) is 11.0. The van der Waals surface area contributed by atoms with Crippen molar-refractivity contribution in [2.24, 2.45) is 4.99 Å². The molecule has 3 aromatic rings. The second kappa shape index (κ2) is 8.94. The molecule has 0 aliphatic carbocycles. The molecule has 0 aromatic heterocycles. The van der Waals surface area contributed by atoms with E-state index in [1.165, 1.54) is 0 Å². The Morgan fingerprint density at radius 1 is 0.963 bits per heavy atom. The van der Waals surface area contributed by atoms with Gasteiger partial charge in [-0.25, -0.2) is 0 Å². The minimum absolute atomic E-state index is 0.409. The maximum absolute atomic E-state index is 6.14. The number of nitrogens with zero attached hydrogens (tertiary/aromatic N) is 1. The molecule has 0 aliphatic rings. The van der Waals surface area contributed by atoms with Crippen molar-refractivity contribution in [1.82, 2.24) is 0 Å². The molecule has 0 atom stereocenters. The van der Waals surface area contributed by atoms with Gasteiger partial charge in [0.2, 0.25) is 0 Å². The van der Waals surface area contributed by atoms with Crippen molar-refractivity contribution in [3.63, 3.8) is 0 Å². The number of halogens is 2. The SMILES string of the molecule is COc1cc(C=Nc2cccc(Cl)c2C)ccc1OCc1cccc(Cl)c1. The van der Waals surface area contributed by atoms with E-state index in [9.17, 15) is 0 Å². The number of benzene rings is 3. The van der Waals surface area contributed by atoms with Crippen LogP contribution >= 0.6 is 23.2 Å². The molecule has 0 saturated carbocycles. The summed E-state index contributed by atoms with van der Waals surface area (Å²) in [7, 11) is 1.61. The third kappa shape index (κ3) is 5.03. The fraction of sp³-hybridized carbons (Fsp3) is 0.136. The Morgan fingerprint density at radius 2 is 1.78 bits per heavy atom. The van der Waals surface area contributed by atoms with E-state index in [2.05, 4.69) is 4.99 Å². The number of ether oxygens (including phenoxy) is 2. The molecule has 3 nitrogen and oxygen atoms in total. The van der Waals surface area contributed by atoms with E-state index < -0.39 is 0 Å². The van der Waals surface area contributed by atoms with Crippen LogP contribution in [0.15, 0.2) is 65.7 Å². The molecule has 0 saturated heterocycles. The molecule has 5 heteroatoms. The van der Waals surface area contributed by atoms with Crippen LogP contribution in [-0.4, -0.2) is 13.3 Å². The lowest BCUT2D eigenvalue weighted by atomic mass is 10.2. The van der Waals surface area contributed by atoms with Crippen molar-refractivity contribution < 1.29 is 9.47 Å². The molecule has 0 fully saturated rings. The van der Waals surface area contributed by atoms with Crippen LogP contribution in [0.1, 0.15) is 16.7 Å². The number of hydrogen-bond donors (Lipinski definition) is 0. The lowest BCUT2D eigenvalue weighted by molar-refractivity contribution is 0.284. The zero-order valence-corrected chi connectivity index (χ0v) is 16.6. The first-order chi connectivity index (χ1) is 13.1. The second-order valence-electron chi connectivity index (χ2n) is 5.97. The maximum Gasteiger partial charge on any atom is 0.161 e. The summed E-state index contributed by atoms with van der Waals surface area (Å²) in [5.41, 5.74) is 3.68. The maximum atomic E-state index is 6.14. The van der Waals surface area contributed by atoms with E-state index >= 15 is 0 Å². The van der Waals surface area contributed by atoms with Gasteiger partial charge in [0, 0.05) is 16.3 Å². The highest BCUT2D eigenvalue weighted by Gasteiger charge is 2.06. The zero-order chi connectivity index (χ0) is 19.2. The van der Waals surface area contributed by atoms with E-state index in [0.29, 0.717) is 28.2 Å². The third-order valence-electron chi connectivity index (χ3n) is 4.06. The van der Waals surface area contributed by atoms with Gasteiger partial charge >= 0.3 is 0 Å². The monoisotopic (exact) mass is 399 g/mol. The Labute approximate surface area is 169 Å². The quantitative estimate of drug-likeness (QED) is 0.434. The van der Waals surface area contributed by atoms with Crippen LogP contribution in [-0.2, 0) is 6.61 Å². The Kier molecular flexibility index (Phi) is 6.38. The Morgan fingerprint density at radius 3 is 2.56 bits per heavy atom. The molecule has 0 bridgehead atoms. The summed E-state index contributed by atoms with van der Waals surface area (Å²) >= 11 is 12.1. The summed E-state index contributed by atoms with van der Waals surface area (Å²) in [6.45, 7) is 2.36. The van der Waals surface area contributed by atoms with Gasteiger partial charge in [-0.3, -0.25) is 4.99 Å². The zero-order valence-electron chi connectivity index (χ0n) is 15.1. The first-order valence-electron chi connectivity index (χ1n) is 8.41. The predicted molar refractivity (Wildman–Crippen MR) is 112 cm³/mol. The second-order valence-corrected chi connectivity index (χ2v) is 6.81. The van der Waals surface area contributed by atoms with Crippen molar-refractivity contribution in [1.29, 1.82) is 0 Å². The molecule has 0 unspecified atom stereocenters. The lowest BCUT2D eigenvalue weighted by Crippen LogP contribution is -1.98. The fourth-order valence-corrected chi connectivity index (χ4v) is 2.93. The van der Waals surface area contributed by atoms with E-state index in [4.69, 9.17) is 32.7 Å². The minimum atomic E-state index is 0.409. The van der Waals surface area contributed by atoms with E-state index in [-0.39, 0.29) is 0 Å². The van der Waals surface area contributed by atoms with Gasteiger partial charge in [0.25, 0.3) is 0 Å². The van der Waals surface area contributed by atoms with Gasteiger partial charge in [-0.2, -0.15) is 0 Å². The Balaban J connectivity index is 1.75. The van der Waals surface area contributed by atoms with Crippen LogP contribution in [0.3, 0.4) is 0 Å². The summed E-state index contributed by atoms with van der Waals surface area (Å²) in [6.07, 6.45) is 1.78. The summed E-state index contributed by atoms with van der Waals surface area (Å²) < 4.78 is 11.3. The van der Waals surface area contributed by atoms with Crippen LogP contribution in [0.5, 0.6) is 11.5 Å². The van der Waals surface area contributed by atoms with Crippen LogP contribution < -0.4 is 9.47 Å². The van der Waals surface area contributed by atoms with Gasteiger partial charge in [0.15, 0.2) is 11.5 Å². The summed E-state index contributed by atoms with van der Waals surface area (Å²) in [5.74, 6) is 1.30. The van der Waals surface area contributed by atoms with Gasteiger partial charge in [-0.1, -0.05) is 41.4 Å². The molecule has 0 aliphatic heterocycles. The molecule has 0 amide bonds. The van der Waals surface area contributed by atoms with Gasteiger partial charge in [0.1, 0.15) is 6.61 Å². The van der Waals surface area contributed by atoms with Gasteiger partial charge in [-0.05, 0) is 66.1 Å². The smallest absolute Gasteiger partial charge is 0.161 e. The number of methoxy groups -OCH3 is 1. The highest BCUT2D eigenvalue weighted by Crippen LogP contribution is 2.29. The largest absolute Gasteiger partial charge is 0.493 e. The highest BCUT2D eigenvalue weighted by atomic mass is 35.5. The van der Waals surface area contributed by atoms with Gasteiger partial charge in [0.05, 0.1) is 12.8 Å². The Hall–Kier alpha value is -2.49. The van der Waals surface area contributed by atoms with Crippen molar-refractivity contribution in [2.75, 3.05) is 7.11 Å². The van der Waals surface area contributed by atoms with Crippen LogP contribution in [0.25, 0.3) is 0 Å². The number of aliphatic imine (C=N–C) groups is 1. The van der Waals surface area contributed by atoms with E-state index in [0.717, 1.165) is 22.4 Å². The summed E-state index contributed by atoms with van der Waals surface area (Å²) in [4.78, 5) is 4.52. The molecule has 3 aromatic carbocycles. The topological polar surface area (TPSA) is 30.8 Å². The predicted octanol–water partition coefficient (Wildman–Crippen LogP) is 6.64. The molecule has 138 valence electrons. The first-order valence-corrected chi connectivity index (χ1v) is 9.17. The lowest BCUT2D eigenvalue weighted by Gasteiger charge is -2.11. The molecule has 0 N–H and O–H groups in total. The standard InChI is InChI=1S/C22H19Cl2NO2/c1-15-19(24)7-4-8-20(15)25-13-16-9-10-21(22(12-16)26-2)27-14-17-5-3-6-18(23)11-17/h3-13H,14H2,1-2H3. The van der Waals surface area contributed by atoms with Crippen LogP contribution in [0.2, 0.25) is 10.0 Å². The average molecular weight is 400 g/mol. The molecule has 3 rings (SSSR count). The minimum Gasteiger partial charge on any atom is -0.493 e. The molecular formula is C22H19Cl2NO2. The molecule has 27 heavy (non-hydrogen) atoms. The molecular weight excluding hydrogens is 381 g/mol. The van der Waals surface area contributed by atoms with Gasteiger partial charge < -0.3 is 9.47 Å². The first kappa shape index (κ1) is 19.3. The summed E-state index contributed by atoms with van der Waals surface area (Å²) in [6, 6.07) is 18.9. The summed E-state index contributed by atoms with van der Waals surface area (Å²) in [5, 5.41) is 1.39. The molecule has 0 spiro atoms. The number of rotatable bonds is 6. The van der Waals surface area contributed by atoms with Crippen molar-refractivity contribution in [2.45, 2.75) is 13.5 Å². The molecule has 0 radical (unpaired) electrons. The highest BCUT2D eigenvalue weighted by molar-refractivity contribution is 6.31. The third-order valence-corrected chi connectivity index (χ3v) is 4.71. The average Bonchev–Trinajstić information content (AvgIpc) is 2.68. The van der Waals surface area contributed by atoms with Gasteiger partial charge in [-0.15, -0.1) is 0 Å². The molecule has 0 heterocycles. The number of hydrogen-bond acceptors (Lipinski definition) is 3. The van der Waals surface area contributed by atoms with Crippen molar-refractivity contribution in [3.05, 3.63) is 87.4 Å². The van der Waals surface area contributed by atoms with E-state index in [1.54, 1.807) is 13.3 Å². The van der Waals surface area contributed by atoms with Crippen LogP contribution in [0, 0.1) is 6.92 Å². The Bertz CT molecular complexity index is 970. The van der Waals surface area contributed by atoms with Crippen molar-refractivity contribution in [3.8, 4) is 11.5 Å². The van der Waals surface area contributed by atoms with Crippen molar-refractivity contribution >= 4 is 35.1 Å². The van der Waals surface area contributed by atoms with E-state index in [1.807, 2.05) is 67.6 Å².